The summed E-state index contributed by atoms with van der Waals surface area (Å²) in [7, 11) is 0. The van der Waals surface area contributed by atoms with Crippen LogP contribution >= 0.6 is 0 Å². The molecule has 4 nitrogen and oxygen atoms in total. The molecular formula is C8H5FO4. The van der Waals surface area contributed by atoms with E-state index in [2.05, 4.69) is 0 Å². The van der Waals surface area contributed by atoms with Gasteiger partial charge in [-0.05, 0) is 6.07 Å². The Morgan fingerprint density at radius 2 is 2.08 bits per heavy atom. The first-order valence-corrected chi connectivity index (χ1v) is 3.27. The average Bonchev–Trinajstić information content (AvgIpc) is 2.03. The molecule has 13 heavy (non-hydrogen) atoms. The number of hydrogen-bond acceptors (Lipinski definition) is 3. The number of phenolic OH excluding ortho intramolecular Hbond substituents is 1. The van der Waals surface area contributed by atoms with Crippen molar-refractivity contribution >= 4 is 12.3 Å². The summed E-state index contributed by atoms with van der Waals surface area (Å²) >= 11 is 0. The predicted molar refractivity (Wildman–Crippen MR) is 40.4 cm³/mol. The summed E-state index contributed by atoms with van der Waals surface area (Å²) in [5.41, 5.74) is -0.890. The second kappa shape index (κ2) is 3.22. The van der Waals surface area contributed by atoms with Gasteiger partial charge < -0.3 is 10.2 Å². The maximum atomic E-state index is 12.8. The van der Waals surface area contributed by atoms with E-state index in [1.807, 2.05) is 0 Å². The largest absolute Gasteiger partial charge is 0.507 e. The molecular weight excluding hydrogens is 179 g/mol. The fourth-order valence-corrected chi connectivity index (χ4v) is 0.838. The third kappa shape index (κ3) is 1.64. The molecule has 0 aliphatic carbocycles. The van der Waals surface area contributed by atoms with Crippen LogP contribution in [-0.2, 0) is 0 Å². The number of carboxylic acids is 1. The second-order valence-electron chi connectivity index (χ2n) is 2.31. The summed E-state index contributed by atoms with van der Waals surface area (Å²) in [5, 5.41) is 17.4. The number of aldehydes is 1. The fourth-order valence-electron chi connectivity index (χ4n) is 0.838. The highest BCUT2D eigenvalue weighted by atomic mass is 19.1. The van der Waals surface area contributed by atoms with Crippen LogP contribution in [0.15, 0.2) is 12.1 Å². The highest BCUT2D eigenvalue weighted by Gasteiger charge is 2.13. The fraction of sp³-hybridized carbons (Fsp3) is 0. The summed E-state index contributed by atoms with van der Waals surface area (Å²) in [4.78, 5) is 20.6. The molecule has 0 aromatic heterocycles. The first kappa shape index (κ1) is 9.18. The van der Waals surface area contributed by atoms with Gasteiger partial charge in [-0.3, -0.25) is 4.79 Å². The summed E-state index contributed by atoms with van der Waals surface area (Å²) in [5.74, 6) is -3.13. The lowest BCUT2D eigenvalue weighted by molar-refractivity contribution is 0.0692. The van der Waals surface area contributed by atoms with Crippen LogP contribution in [0.2, 0.25) is 0 Å². The van der Waals surface area contributed by atoms with Gasteiger partial charge in [0.05, 0.1) is 11.1 Å². The van der Waals surface area contributed by atoms with Crippen LogP contribution in [0.4, 0.5) is 4.39 Å². The Morgan fingerprint density at radius 3 is 2.54 bits per heavy atom. The highest BCUT2D eigenvalue weighted by molar-refractivity contribution is 5.91. The van der Waals surface area contributed by atoms with Crippen LogP contribution in [0.1, 0.15) is 20.7 Å². The molecule has 0 saturated carbocycles. The molecule has 0 unspecified atom stereocenters. The molecule has 0 saturated heterocycles. The van der Waals surface area contributed by atoms with E-state index >= 15 is 0 Å². The molecule has 0 aliphatic heterocycles. The molecule has 0 fully saturated rings. The number of rotatable bonds is 2. The van der Waals surface area contributed by atoms with Crippen LogP contribution in [0, 0.1) is 5.82 Å². The quantitative estimate of drug-likeness (QED) is 0.673. The summed E-state index contributed by atoms with van der Waals surface area (Å²) in [6, 6.07) is 1.37. The molecule has 0 amide bonds. The minimum Gasteiger partial charge on any atom is -0.507 e. The van der Waals surface area contributed by atoms with Gasteiger partial charge in [0, 0.05) is 6.07 Å². The van der Waals surface area contributed by atoms with E-state index in [4.69, 9.17) is 10.2 Å². The van der Waals surface area contributed by atoms with E-state index in [1.54, 1.807) is 0 Å². The van der Waals surface area contributed by atoms with Crippen molar-refractivity contribution in [2.45, 2.75) is 0 Å². The van der Waals surface area contributed by atoms with E-state index in [0.717, 1.165) is 6.07 Å². The summed E-state index contributed by atoms with van der Waals surface area (Å²) < 4.78 is 12.8. The van der Waals surface area contributed by atoms with E-state index in [9.17, 15) is 14.0 Å². The first-order valence-electron chi connectivity index (χ1n) is 3.27. The van der Waals surface area contributed by atoms with Crippen molar-refractivity contribution in [3.8, 4) is 5.75 Å². The first-order chi connectivity index (χ1) is 6.06. The maximum Gasteiger partial charge on any atom is 0.338 e. The Kier molecular flexibility index (Phi) is 2.27. The molecule has 0 bridgehead atoms. The summed E-state index contributed by atoms with van der Waals surface area (Å²) in [6.07, 6.45) is 0.251. The Labute approximate surface area is 72.2 Å². The third-order valence-corrected chi connectivity index (χ3v) is 1.47. The van der Waals surface area contributed by atoms with Crippen molar-refractivity contribution in [3.63, 3.8) is 0 Å². The lowest BCUT2D eigenvalue weighted by Gasteiger charge is -2.00. The molecule has 0 aliphatic rings. The second-order valence-corrected chi connectivity index (χ2v) is 2.31. The molecule has 0 heterocycles. The lowest BCUT2D eigenvalue weighted by Crippen LogP contribution is -2.01. The minimum absolute atomic E-state index is 0.251. The van der Waals surface area contributed by atoms with Crippen LogP contribution < -0.4 is 0 Å². The zero-order valence-electron chi connectivity index (χ0n) is 6.32. The molecule has 1 rings (SSSR count). The molecule has 68 valence electrons. The number of aromatic hydroxyl groups is 1. The maximum absolute atomic E-state index is 12.8. The average molecular weight is 184 g/mol. The standard InChI is InChI=1S/C8H5FO4/c9-6-2-7(11)4(3-10)1-5(6)8(12)13/h1-3,11H,(H,12,13). The van der Waals surface area contributed by atoms with E-state index < -0.39 is 23.1 Å². The molecule has 0 spiro atoms. The van der Waals surface area contributed by atoms with Gasteiger partial charge in [-0.25, -0.2) is 9.18 Å². The molecule has 0 atom stereocenters. The number of benzene rings is 1. The number of carbonyl (C=O) groups excluding carboxylic acids is 1. The van der Waals surface area contributed by atoms with E-state index in [0.29, 0.717) is 6.07 Å². The van der Waals surface area contributed by atoms with Gasteiger partial charge in [0.15, 0.2) is 6.29 Å². The topological polar surface area (TPSA) is 74.6 Å². The van der Waals surface area contributed by atoms with Gasteiger partial charge in [-0.15, -0.1) is 0 Å². The van der Waals surface area contributed by atoms with Crippen LogP contribution in [-0.4, -0.2) is 22.5 Å². The van der Waals surface area contributed by atoms with Crippen molar-refractivity contribution in [2.75, 3.05) is 0 Å². The minimum atomic E-state index is -1.49. The van der Waals surface area contributed by atoms with Crippen LogP contribution in [0.5, 0.6) is 5.75 Å². The Hall–Kier alpha value is -1.91. The predicted octanol–water partition coefficient (Wildman–Crippen LogP) is 1.04. The normalized spacial score (nSPS) is 9.62. The van der Waals surface area contributed by atoms with Gasteiger partial charge in [0.25, 0.3) is 0 Å². The highest BCUT2D eigenvalue weighted by Crippen LogP contribution is 2.19. The van der Waals surface area contributed by atoms with E-state index in [1.165, 1.54) is 0 Å². The zero-order valence-corrected chi connectivity index (χ0v) is 6.32. The number of hydrogen-bond donors (Lipinski definition) is 2. The molecule has 2 N–H and O–H groups in total. The number of phenols is 1. The summed E-state index contributed by atoms with van der Waals surface area (Å²) in [6.45, 7) is 0. The molecule has 0 radical (unpaired) electrons. The van der Waals surface area contributed by atoms with Gasteiger partial charge in [-0.2, -0.15) is 0 Å². The third-order valence-electron chi connectivity index (χ3n) is 1.47. The van der Waals surface area contributed by atoms with Gasteiger partial charge in [0.2, 0.25) is 0 Å². The molecule has 1 aromatic rings. The Morgan fingerprint density at radius 1 is 1.46 bits per heavy atom. The van der Waals surface area contributed by atoms with Gasteiger partial charge >= 0.3 is 5.97 Å². The SMILES string of the molecule is O=Cc1cc(C(=O)O)c(F)cc1O. The number of carbonyl (C=O) groups is 2. The molecule has 5 heteroatoms. The number of aromatic carboxylic acids is 1. The van der Waals surface area contributed by atoms with Gasteiger partial charge in [-0.1, -0.05) is 0 Å². The number of carboxylic acid groups (broad SMARTS) is 1. The van der Waals surface area contributed by atoms with Crippen molar-refractivity contribution in [1.82, 2.24) is 0 Å². The van der Waals surface area contributed by atoms with Crippen molar-refractivity contribution in [1.29, 1.82) is 0 Å². The van der Waals surface area contributed by atoms with Crippen molar-refractivity contribution in [2.24, 2.45) is 0 Å². The van der Waals surface area contributed by atoms with Crippen molar-refractivity contribution in [3.05, 3.63) is 29.1 Å². The monoisotopic (exact) mass is 184 g/mol. The zero-order chi connectivity index (χ0) is 10.0. The Bertz CT molecular complexity index is 373. The van der Waals surface area contributed by atoms with Crippen molar-refractivity contribution < 1.29 is 24.2 Å². The lowest BCUT2D eigenvalue weighted by atomic mass is 10.1. The van der Waals surface area contributed by atoms with Crippen LogP contribution in [0.3, 0.4) is 0 Å². The smallest absolute Gasteiger partial charge is 0.338 e. The molecule has 1 aromatic carbocycles. The van der Waals surface area contributed by atoms with Crippen LogP contribution in [0.25, 0.3) is 0 Å². The number of halogens is 1. The van der Waals surface area contributed by atoms with E-state index in [-0.39, 0.29) is 11.8 Å². The van der Waals surface area contributed by atoms with Gasteiger partial charge in [0.1, 0.15) is 11.6 Å². The Balaban J connectivity index is 3.38.